The summed E-state index contributed by atoms with van der Waals surface area (Å²) in [4.78, 5) is 9.02. The van der Waals surface area contributed by atoms with Crippen LogP contribution in [0.15, 0.2) is 24.3 Å². The van der Waals surface area contributed by atoms with Crippen molar-refractivity contribution in [2.24, 2.45) is 0 Å². The van der Waals surface area contributed by atoms with Gasteiger partial charge in [0.2, 0.25) is 0 Å². The van der Waals surface area contributed by atoms with E-state index in [1.54, 1.807) is 6.07 Å². The Labute approximate surface area is 112 Å². The molecule has 0 aliphatic carbocycles. The number of anilines is 1. The maximum atomic E-state index is 13.2. The van der Waals surface area contributed by atoms with Crippen LogP contribution in [0.4, 0.5) is 10.2 Å². The molecular formula is C15H18FN3. The van der Waals surface area contributed by atoms with E-state index in [0.717, 1.165) is 22.6 Å². The van der Waals surface area contributed by atoms with Crippen molar-refractivity contribution in [3.8, 4) is 11.4 Å². The molecule has 0 bridgehead atoms. The maximum absolute atomic E-state index is 13.2. The van der Waals surface area contributed by atoms with Crippen LogP contribution in [0.5, 0.6) is 0 Å². The van der Waals surface area contributed by atoms with Crippen LogP contribution in [0.25, 0.3) is 11.4 Å². The van der Waals surface area contributed by atoms with Crippen molar-refractivity contribution in [3.05, 3.63) is 41.3 Å². The van der Waals surface area contributed by atoms with E-state index in [1.807, 2.05) is 20.0 Å². The van der Waals surface area contributed by atoms with Crippen molar-refractivity contribution >= 4 is 5.82 Å². The summed E-state index contributed by atoms with van der Waals surface area (Å²) in [5.74, 6) is 1.48. The fourth-order valence-corrected chi connectivity index (χ4v) is 1.89. The minimum atomic E-state index is -0.241. The molecule has 1 N–H and O–H groups in total. The summed E-state index contributed by atoms with van der Waals surface area (Å²) in [6.07, 6.45) is 0. The molecule has 0 amide bonds. The average Bonchev–Trinajstić information content (AvgIpc) is 2.38. The molecule has 0 spiro atoms. The number of nitrogens with one attached hydrogen (secondary N) is 1. The van der Waals surface area contributed by atoms with Crippen LogP contribution < -0.4 is 5.32 Å². The quantitative estimate of drug-likeness (QED) is 0.912. The number of benzene rings is 1. The molecule has 3 nitrogen and oxygen atoms in total. The third-order valence-electron chi connectivity index (χ3n) is 3.02. The third kappa shape index (κ3) is 2.89. The van der Waals surface area contributed by atoms with E-state index in [0.29, 0.717) is 11.7 Å². The van der Waals surface area contributed by atoms with Crippen LogP contribution in [0.3, 0.4) is 0 Å². The van der Waals surface area contributed by atoms with Crippen molar-refractivity contribution in [1.82, 2.24) is 9.97 Å². The smallest absolute Gasteiger partial charge is 0.162 e. The lowest BCUT2D eigenvalue weighted by molar-refractivity contribution is 0.627. The second kappa shape index (κ2) is 5.34. The van der Waals surface area contributed by atoms with Gasteiger partial charge in [-0.25, -0.2) is 14.4 Å². The van der Waals surface area contributed by atoms with E-state index < -0.39 is 0 Å². The predicted octanol–water partition coefficient (Wildman–Crippen LogP) is 3.76. The van der Waals surface area contributed by atoms with Gasteiger partial charge in [0.05, 0.1) is 0 Å². The molecule has 2 aromatic rings. The molecule has 0 aliphatic heterocycles. The molecule has 0 atom stereocenters. The second-order valence-corrected chi connectivity index (χ2v) is 4.87. The normalized spacial score (nSPS) is 10.8. The van der Waals surface area contributed by atoms with E-state index in [1.165, 1.54) is 12.1 Å². The summed E-state index contributed by atoms with van der Waals surface area (Å²) >= 11 is 0. The highest BCUT2D eigenvalue weighted by atomic mass is 19.1. The Morgan fingerprint density at radius 2 is 1.89 bits per heavy atom. The van der Waals surface area contributed by atoms with Gasteiger partial charge in [0.1, 0.15) is 11.6 Å². The number of aromatic nitrogens is 2. The fraction of sp³-hybridized carbons (Fsp3) is 0.333. The van der Waals surface area contributed by atoms with Crippen LogP contribution in [0.2, 0.25) is 0 Å². The SMILES string of the molecule is CNc1cc(C(C)C)nc(-c2ccc(F)cc2C)n1. The molecule has 0 unspecified atom stereocenters. The first-order valence-electron chi connectivity index (χ1n) is 6.34. The van der Waals surface area contributed by atoms with E-state index in [4.69, 9.17) is 0 Å². The van der Waals surface area contributed by atoms with Gasteiger partial charge in [-0.2, -0.15) is 0 Å². The van der Waals surface area contributed by atoms with Crippen LogP contribution >= 0.6 is 0 Å². The second-order valence-electron chi connectivity index (χ2n) is 4.87. The number of halogens is 1. The van der Waals surface area contributed by atoms with Gasteiger partial charge in [-0.15, -0.1) is 0 Å². The molecule has 2 rings (SSSR count). The Kier molecular flexibility index (Phi) is 3.79. The molecule has 1 aromatic heterocycles. The summed E-state index contributed by atoms with van der Waals surface area (Å²) in [6.45, 7) is 6.04. The topological polar surface area (TPSA) is 37.8 Å². The van der Waals surface area contributed by atoms with Crippen LogP contribution in [-0.4, -0.2) is 17.0 Å². The Morgan fingerprint density at radius 3 is 2.47 bits per heavy atom. The molecule has 4 heteroatoms. The molecule has 0 saturated carbocycles. The molecule has 19 heavy (non-hydrogen) atoms. The third-order valence-corrected chi connectivity index (χ3v) is 3.02. The van der Waals surface area contributed by atoms with Crippen molar-refractivity contribution in [1.29, 1.82) is 0 Å². The largest absolute Gasteiger partial charge is 0.373 e. The lowest BCUT2D eigenvalue weighted by Crippen LogP contribution is -2.03. The molecule has 0 fully saturated rings. The van der Waals surface area contributed by atoms with Gasteiger partial charge in [0.15, 0.2) is 5.82 Å². The highest BCUT2D eigenvalue weighted by molar-refractivity contribution is 5.61. The molecule has 1 heterocycles. The van der Waals surface area contributed by atoms with E-state index in [-0.39, 0.29) is 5.82 Å². The van der Waals surface area contributed by atoms with Gasteiger partial charge in [-0.1, -0.05) is 13.8 Å². The average molecular weight is 259 g/mol. The summed E-state index contributed by atoms with van der Waals surface area (Å²) in [7, 11) is 1.83. The summed E-state index contributed by atoms with van der Waals surface area (Å²) in [5, 5.41) is 3.04. The molecule has 0 aliphatic rings. The van der Waals surface area contributed by atoms with Crippen molar-refractivity contribution in [2.75, 3.05) is 12.4 Å². The highest BCUT2D eigenvalue weighted by Gasteiger charge is 2.11. The first-order chi connectivity index (χ1) is 9.01. The lowest BCUT2D eigenvalue weighted by atomic mass is 10.1. The van der Waals surface area contributed by atoms with Crippen molar-refractivity contribution in [2.45, 2.75) is 26.7 Å². The van der Waals surface area contributed by atoms with Gasteiger partial charge >= 0.3 is 0 Å². The predicted molar refractivity (Wildman–Crippen MR) is 75.8 cm³/mol. The maximum Gasteiger partial charge on any atom is 0.162 e. The monoisotopic (exact) mass is 259 g/mol. The van der Waals surface area contributed by atoms with Crippen molar-refractivity contribution < 1.29 is 4.39 Å². The summed E-state index contributed by atoms with van der Waals surface area (Å²) in [6, 6.07) is 6.60. The molecule has 100 valence electrons. The Bertz CT molecular complexity index is 594. The lowest BCUT2D eigenvalue weighted by Gasteiger charge is -2.11. The Hall–Kier alpha value is -1.97. The number of hydrogen-bond donors (Lipinski definition) is 1. The Morgan fingerprint density at radius 1 is 1.16 bits per heavy atom. The first kappa shape index (κ1) is 13.5. The van der Waals surface area contributed by atoms with Gasteiger partial charge in [-0.3, -0.25) is 0 Å². The van der Waals surface area contributed by atoms with Gasteiger partial charge < -0.3 is 5.32 Å². The number of aryl methyl sites for hydroxylation is 1. The minimum Gasteiger partial charge on any atom is -0.373 e. The zero-order chi connectivity index (χ0) is 14.0. The number of nitrogens with zero attached hydrogens (tertiary/aromatic N) is 2. The minimum absolute atomic E-state index is 0.241. The fourth-order valence-electron chi connectivity index (χ4n) is 1.89. The van der Waals surface area contributed by atoms with E-state index in [2.05, 4.69) is 29.1 Å². The molecule has 1 aromatic carbocycles. The summed E-state index contributed by atoms with van der Waals surface area (Å²) < 4.78 is 13.2. The first-order valence-corrected chi connectivity index (χ1v) is 6.34. The number of rotatable bonds is 3. The number of hydrogen-bond acceptors (Lipinski definition) is 3. The van der Waals surface area contributed by atoms with Crippen LogP contribution in [0.1, 0.15) is 31.0 Å². The molecule has 0 saturated heterocycles. The molecule has 0 radical (unpaired) electrons. The van der Waals surface area contributed by atoms with Gasteiger partial charge in [-0.05, 0) is 36.6 Å². The van der Waals surface area contributed by atoms with Gasteiger partial charge in [0.25, 0.3) is 0 Å². The molecular weight excluding hydrogens is 241 g/mol. The highest BCUT2D eigenvalue weighted by Crippen LogP contribution is 2.24. The zero-order valence-electron chi connectivity index (χ0n) is 11.7. The van der Waals surface area contributed by atoms with Crippen molar-refractivity contribution in [3.63, 3.8) is 0 Å². The van der Waals surface area contributed by atoms with E-state index in [9.17, 15) is 4.39 Å². The van der Waals surface area contributed by atoms with Crippen LogP contribution in [0, 0.1) is 12.7 Å². The zero-order valence-corrected chi connectivity index (χ0v) is 11.7. The van der Waals surface area contributed by atoms with Crippen LogP contribution in [-0.2, 0) is 0 Å². The Balaban J connectivity index is 2.57. The van der Waals surface area contributed by atoms with E-state index >= 15 is 0 Å². The standard InChI is InChI=1S/C15H18FN3/c1-9(2)13-8-14(17-4)19-15(18-13)12-6-5-11(16)7-10(12)3/h5-9H,1-4H3,(H,17,18,19). The van der Waals surface area contributed by atoms with Gasteiger partial charge in [0, 0.05) is 24.4 Å². The summed E-state index contributed by atoms with van der Waals surface area (Å²) in [5.41, 5.74) is 2.67.